The Kier molecular flexibility index (Phi) is 6.08. The van der Waals surface area contributed by atoms with Crippen molar-refractivity contribution in [2.24, 2.45) is 11.8 Å². The highest BCUT2D eigenvalue weighted by Crippen LogP contribution is 2.19. The molecule has 0 saturated carbocycles. The van der Waals surface area contributed by atoms with Crippen LogP contribution < -0.4 is 5.32 Å². The lowest BCUT2D eigenvalue weighted by Crippen LogP contribution is -2.41. The summed E-state index contributed by atoms with van der Waals surface area (Å²) in [7, 11) is 0. The van der Waals surface area contributed by atoms with Crippen molar-refractivity contribution in [2.45, 2.75) is 33.1 Å². The molecule has 1 amide bonds. The van der Waals surface area contributed by atoms with Gasteiger partial charge < -0.3 is 5.11 Å². The molecule has 1 unspecified atom stereocenters. The summed E-state index contributed by atoms with van der Waals surface area (Å²) in [5, 5.41) is 21.7. The van der Waals surface area contributed by atoms with Gasteiger partial charge in [0.2, 0.25) is 11.0 Å². The zero-order chi connectivity index (χ0) is 15.2. The van der Waals surface area contributed by atoms with E-state index in [2.05, 4.69) is 34.3 Å². The van der Waals surface area contributed by atoms with Gasteiger partial charge in [-0.15, -0.1) is 10.2 Å². The Morgan fingerprint density at radius 2 is 2.33 bits per heavy atom. The first-order chi connectivity index (χ1) is 10.1. The zero-order valence-electron chi connectivity index (χ0n) is 12.7. The monoisotopic (exact) mass is 312 g/mol. The molecule has 21 heavy (non-hydrogen) atoms. The maximum atomic E-state index is 12.0. The summed E-state index contributed by atoms with van der Waals surface area (Å²) >= 11 is 1.44. The minimum absolute atomic E-state index is 0.0548. The molecule has 0 radical (unpaired) electrons. The Bertz CT molecular complexity index is 464. The van der Waals surface area contributed by atoms with Crippen LogP contribution in [-0.2, 0) is 11.2 Å². The van der Waals surface area contributed by atoms with Crippen LogP contribution in [0.3, 0.4) is 0 Å². The summed E-state index contributed by atoms with van der Waals surface area (Å²) in [5.74, 6) is 0.775. The number of anilines is 1. The van der Waals surface area contributed by atoms with Crippen LogP contribution in [0.5, 0.6) is 0 Å². The van der Waals surface area contributed by atoms with Crippen LogP contribution in [0.25, 0.3) is 0 Å². The van der Waals surface area contributed by atoms with Crippen LogP contribution in [0.4, 0.5) is 5.13 Å². The topological polar surface area (TPSA) is 78.4 Å². The highest BCUT2D eigenvalue weighted by molar-refractivity contribution is 7.15. The van der Waals surface area contributed by atoms with E-state index in [9.17, 15) is 9.90 Å². The number of likely N-dealkylation sites (tertiary alicyclic amines) is 1. The number of aromatic nitrogens is 2. The molecule has 6 nitrogen and oxygen atoms in total. The van der Waals surface area contributed by atoms with Gasteiger partial charge in [0.05, 0.1) is 6.54 Å². The van der Waals surface area contributed by atoms with Gasteiger partial charge in [-0.05, 0) is 31.2 Å². The number of hydrogen-bond acceptors (Lipinski definition) is 6. The van der Waals surface area contributed by atoms with E-state index >= 15 is 0 Å². The molecular formula is C14H24N4O2S. The van der Waals surface area contributed by atoms with E-state index in [1.807, 2.05) is 0 Å². The molecule has 1 aromatic heterocycles. The SMILES string of the molecule is CC(C)Cc1nnc(NC(=O)CN2CCCC(CO)C2)s1. The minimum atomic E-state index is -0.0548. The number of nitrogens with one attached hydrogen (secondary N) is 1. The van der Waals surface area contributed by atoms with Gasteiger partial charge >= 0.3 is 0 Å². The fourth-order valence-electron chi connectivity index (χ4n) is 2.54. The molecule has 1 aliphatic rings. The summed E-state index contributed by atoms with van der Waals surface area (Å²) in [6, 6.07) is 0. The molecule has 1 saturated heterocycles. The van der Waals surface area contributed by atoms with E-state index in [0.29, 0.717) is 23.5 Å². The van der Waals surface area contributed by atoms with Gasteiger partial charge in [-0.1, -0.05) is 25.2 Å². The van der Waals surface area contributed by atoms with Crippen molar-refractivity contribution < 1.29 is 9.90 Å². The first kappa shape index (κ1) is 16.3. The highest BCUT2D eigenvalue weighted by atomic mass is 32.1. The summed E-state index contributed by atoms with van der Waals surface area (Å²) in [6.45, 7) is 6.53. The van der Waals surface area contributed by atoms with Crippen LogP contribution in [-0.4, -0.2) is 52.4 Å². The number of carbonyl (C=O) groups is 1. The lowest BCUT2D eigenvalue weighted by molar-refractivity contribution is -0.117. The molecule has 1 fully saturated rings. The number of aliphatic hydroxyl groups excluding tert-OH is 1. The van der Waals surface area contributed by atoms with E-state index in [-0.39, 0.29) is 12.5 Å². The van der Waals surface area contributed by atoms with Crippen molar-refractivity contribution in [3.63, 3.8) is 0 Å². The molecule has 2 heterocycles. The summed E-state index contributed by atoms with van der Waals surface area (Å²) in [6.07, 6.45) is 2.97. The lowest BCUT2D eigenvalue weighted by atomic mass is 9.99. The van der Waals surface area contributed by atoms with Gasteiger partial charge in [0, 0.05) is 19.6 Å². The number of amides is 1. The summed E-state index contributed by atoms with van der Waals surface area (Å²) in [4.78, 5) is 14.1. The number of rotatable bonds is 6. The van der Waals surface area contributed by atoms with Gasteiger partial charge in [0.1, 0.15) is 5.01 Å². The summed E-state index contributed by atoms with van der Waals surface area (Å²) < 4.78 is 0. The van der Waals surface area contributed by atoms with Gasteiger partial charge in [-0.2, -0.15) is 0 Å². The number of aliphatic hydroxyl groups is 1. The maximum Gasteiger partial charge on any atom is 0.240 e. The third kappa shape index (κ3) is 5.33. The first-order valence-electron chi connectivity index (χ1n) is 7.52. The molecule has 1 atom stereocenters. The molecule has 7 heteroatoms. The van der Waals surface area contributed by atoms with E-state index in [4.69, 9.17) is 0 Å². The van der Waals surface area contributed by atoms with E-state index in [1.165, 1.54) is 11.3 Å². The standard InChI is InChI=1S/C14H24N4O2S/c1-10(2)6-13-16-17-14(21-13)15-12(20)8-18-5-3-4-11(7-18)9-19/h10-11,19H,3-9H2,1-2H3,(H,15,17,20). The Hall–Kier alpha value is -1.05. The molecule has 2 N–H and O–H groups in total. The molecular weight excluding hydrogens is 288 g/mol. The van der Waals surface area contributed by atoms with Crippen LogP contribution in [0.2, 0.25) is 0 Å². The second-order valence-corrected chi connectivity index (χ2v) is 7.14. The quantitative estimate of drug-likeness (QED) is 0.830. The molecule has 0 spiro atoms. The fraction of sp³-hybridized carbons (Fsp3) is 0.786. The molecule has 118 valence electrons. The number of hydrogen-bond donors (Lipinski definition) is 2. The van der Waals surface area contributed by atoms with Gasteiger partial charge in [0.25, 0.3) is 0 Å². The van der Waals surface area contributed by atoms with E-state index in [1.54, 1.807) is 0 Å². The number of nitrogens with zero attached hydrogens (tertiary/aromatic N) is 3. The van der Waals surface area contributed by atoms with Gasteiger partial charge in [-0.25, -0.2) is 0 Å². The number of carbonyl (C=O) groups excluding carboxylic acids is 1. The first-order valence-corrected chi connectivity index (χ1v) is 8.34. The van der Waals surface area contributed by atoms with Crippen molar-refractivity contribution in [3.05, 3.63) is 5.01 Å². The smallest absolute Gasteiger partial charge is 0.240 e. The molecule has 1 aliphatic heterocycles. The normalized spacial score (nSPS) is 19.9. The van der Waals surface area contributed by atoms with Crippen molar-refractivity contribution in [2.75, 3.05) is 31.6 Å². The van der Waals surface area contributed by atoms with Crippen LogP contribution in [0, 0.1) is 11.8 Å². The van der Waals surface area contributed by atoms with Crippen molar-refractivity contribution in [3.8, 4) is 0 Å². The predicted octanol–water partition coefficient (Wildman–Crippen LogP) is 1.38. The van der Waals surface area contributed by atoms with E-state index in [0.717, 1.165) is 37.4 Å². The van der Waals surface area contributed by atoms with Gasteiger partial charge in [0.15, 0.2) is 0 Å². The molecule has 0 aromatic carbocycles. The lowest BCUT2D eigenvalue weighted by Gasteiger charge is -2.30. The number of piperidine rings is 1. The largest absolute Gasteiger partial charge is 0.396 e. The van der Waals surface area contributed by atoms with Crippen molar-refractivity contribution in [1.29, 1.82) is 0 Å². The third-order valence-corrected chi connectivity index (χ3v) is 4.39. The molecule has 0 bridgehead atoms. The van der Waals surface area contributed by atoms with Crippen molar-refractivity contribution >= 4 is 22.4 Å². The molecule has 0 aliphatic carbocycles. The third-order valence-electron chi connectivity index (χ3n) is 3.52. The van der Waals surface area contributed by atoms with E-state index < -0.39 is 0 Å². The average molecular weight is 312 g/mol. The van der Waals surface area contributed by atoms with Gasteiger partial charge in [-0.3, -0.25) is 15.0 Å². The van der Waals surface area contributed by atoms with Crippen LogP contribution >= 0.6 is 11.3 Å². The second kappa shape index (κ2) is 7.82. The average Bonchev–Trinajstić information content (AvgIpc) is 2.85. The summed E-state index contributed by atoms with van der Waals surface area (Å²) in [5.41, 5.74) is 0. The predicted molar refractivity (Wildman–Crippen MR) is 83.3 cm³/mol. The Labute approximate surface area is 129 Å². The Morgan fingerprint density at radius 1 is 1.52 bits per heavy atom. The molecule has 1 aromatic rings. The highest BCUT2D eigenvalue weighted by Gasteiger charge is 2.21. The fourth-order valence-corrected chi connectivity index (χ4v) is 3.51. The molecule has 2 rings (SSSR count). The van der Waals surface area contributed by atoms with Crippen LogP contribution in [0.15, 0.2) is 0 Å². The zero-order valence-corrected chi connectivity index (χ0v) is 13.5. The Balaban J connectivity index is 1.80. The maximum absolute atomic E-state index is 12.0. The second-order valence-electron chi connectivity index (χ2n) is 6.07. The minimum Gasteiger partial charge on any atom is -0.396 e. The van der Waals surface area contributed by atoms with Crippen LogP contribution in [0.1, 0.15) is 31.7 Å². The Morgan fingerprint density at radius 3 is 3.05 bits per heavy atom. The van der Waals surface area contributed by atoms with Crippen molar-refractivity contribution in [1.82, 2.24) is 15.1 Å².